The lowest BCUT2D eigenvalue weighted by Crippen LogP contribution is -2.51. The van der Waals surface area contributed by atoms with Crippen LogP contribution in [0.1, 0.15) is 40.0 Å². The summed E-state index contributed by atoms with van der Waals surface area (Å²) >= 11 is 0. The zero-order chi connectivity index (χ0) is 10.7. The minimum Gasteiger partial charge on any atom is -0.339 e. The van der Waals surface area contributed by atoms with Crippen LogP contribution in [0.2, 0.25) is 0 Å². The van der Waals surface area contributed by atoms with Crippen LogP contribution in [0.5, 0.6) is 0 Å². The second-order valence-corrected chi connectivity index (χ2v) is 4.65. The van der Waals surface area contributed by atoms with Crippen LogP contribution < -0.4 is 5.73 Å². The molecule has 0 bridgehead atoms. The standard InChI is InChI=1S/C11H22N2O/c1-8(2)10(12)11(14)13-7-5-4-6-9(13)3/h8-10H,4-7,12H2,1-3H3/t9-,10-/m1/s1. The summed E-state index contributed by atoms with van der Waals surface area (Å²) in [6.07, 6.45) is 3.49. The van der Waals surface area contributed by atoms with E-state index in [4.69, 9.17) is 5.73 Å². The van der Waals surface area contributed by atoms with Crippen LogP contribution in [0.25, 0.3) is 0 Å². The van der Waals surface area contributed by atoms with E-state index in [1.807, 2.05) is 18.7 Å². The smallest absolute Gasteiger partial charge is 0.239 e. The van der Waals surface area contributed by atoms with Crippen molar-refractivity contribution in [2.24, 2.45) is 11.7 Å². The van der Waals surface area contributed by atoms with E-state index >= 15 is 0 Å². The summed E-state index contributed by atoms with van der Waals surface area (Å²) in [4.78, 5) is 13.9. The molecule has 1 heterocycles. The highest BCUT2D eigenvalue weighted by Crippen LogP contribution is 2.18. The molecule has 82 valence electrons. The molecule has 3 heteroatoms. The van der Waals surface area contributed by atoms with Crippen molar-refractivity contribution in [1.82, 2.24) is 4.90 Å². The molecule has 0 aromatic rings. The third-order valence-electron chi connectivity index (χ3n) is 3.09. The van der Waals surface area contributed by atoms with E-state index in [2.05, 4.69) is 6.92 Å². The third-order valence-corrected chi connectivity index (χ3v) is 3.09. The van der Waals surface area contributed by atoms with E-state index in [0.717, 1.165) is 19.4 Å². The summed E-state index contributed by atoms with van der Waals surface area (Å²) in [5, 5.41) is 0. The highest BCUT2D eigenvalue weighted by atomic mass is 16.2. The Balaban J connectivity index is 2.58. The van der Waals surface area contributed by atoms with Gasteiger partial charge in [-0.2, -0.15) is 0 Å². The quantitative estimate of drug-likeness (QED) is 0.728. The number of hydrogen-bond donors (Lipinski definition) is 1. The van der Waals surface area contributed by atoms with Gasteiger partial charge in [0, 0.05) is 12.6 Å². The molecule has 1 saturated heterocycles. The van der Waals surface area contributed by atoms with Crippen molar-refractivity contribution in [3.05, 3.63) is 0 Å². The maximum absolute atomic E-state index is 12.0. The number of carbonyl (C=O) groups excluding carboxylic acids is 1. The molecular formula is C11H22N2O. The van der Waals surface area contributed by atoms with Gasteiger partial charge in [-0.05, 0) is 32.1 Å². The van der Waals surface area contributed by atoms with Crippen LogP contribution in [-0.2, 0) is 4.79 Å². The van der Waals surface area contributed by atoms with E-state index < -0.39 is 0 Å². The monoisotopic (exact) mass is 198 g/mol. The Kier molecular flexibility index (Phi) is 3.93. The molecule has 1 fully saturated rings. The van der Waals surface area contributed by atoms with E-state index in [9.17, 15) is 4.79 Å². The SMILES string of the molecule is CC(C)[C@@H](N)C(=O)N1CCCC[C@H]1C. The first-order valence-corrected chi connectivity index (χ1v) is 5.60. The minimum atomic E-state index is -0.324. The highest BCUT2D eigenvalue weighted by molar-refractivity contribution is 5.82. The Morgan fingerprint density at radius 2 is 2.07 bits per heavy atom. The molecule has 0 saturated carbocycles. The fourth-order valence-corrected chi connectivity index (χ4v) is 1.90. The molecule has 0 spiro atoms. The van der Waals surface area contributed by atoms with Crippen molar-refractivity contribution in [1.29, 1.82) is 0 Å². The fraction of sp³-hybridized carbons (Fsp3) is 0.909. The Labute approximate surface area is 86.6 Å². The second kappa shape index (κ2) is 4.78. The summed E-state index contributed by atoms with van der Waals surface area (Å²) in [5.41, 5.74) is 5.86. The summed E-state index contributed by atoms with van der Waals surface area (Å²) in [7, 11) is 0. The van der Waals surface area contributed by atoms with Gasteiger partial charge in [0.1, 0.15) is 0 Å². The van der Waals surface area contributed by atoms with Crippen LogP contribution in [0.3, 0.4) is 0 Å². The molecule has 0 aliphatic carbocycles. The first kappa shape index (κ1) is 11.5. The molecule has 2 atom stereocenters. The van der Waals surface area contributed by atoms with Gasteiger partial charge in [-0.25, -0.2) is 0 Å². The van der Waals surface area contributed by atoms with Gasteiger partial charge in [-0.15, -0.1) is 0 Å². The zero-order valence-corrected chi connectivity index (χ0v) is 9.49. The molecule has 2 N–H and O–H groups in total. The van der Waals surface area contributed by atoms with Gasteiger partial charge in [0.05, 0.1) is 6.04 Å². The number of amides is 1. The molecule has 0 aromatic carbocycles. The number of nitrogens with two attached hydrogens (primary N) is 1. The Morgan fingerprint density at radius 3 is 2.57 bits per heavy atom. The van der Waals surface area contributed by atoms with Gasteiger partial charge in [0.15, 0.2) is 0 Å². The number of piperidine rings is 1. The van der Waals surface area contributed by atoms with Gasteiger partial charge in [0.2, 0.25) is 5.91 Å². The van der Waals surface area contributed by atoms with Crippen LogP contribution in [0, 0.1) is 5.92 Å². The minimum absolute atomic E-state index is 0.132. The van der Waals surface area contributed by atoms with E-state index in [-0.39, 0.29) is 17.9 Å². The van der Waals surface area contributed by atoms with Crippen molar-refractivity contribution < 1.29 is 4.79 Å². The maximum Gasteiger partial charge on any atom is 0.239 e. The molecule has 3 nitrogen and oxygen atoms in total. The van der Waals surface area contributed by atoms with E-state index in [1.54, 1.807) is 0 Å². The molecule has 1 aliphatic rings. The average molecular weight is 198 g/mol. The Bertz CT molecular complexity index is 203. The van der Waals surface area contributed by atoms with Crippen LogP contribution >= 0.6 is 0 Å². The molecule has 1 aliphatic heterocycles. The zero-order valence-electron chi connectivity index (χ0n) is 9.49. The summed E-state index contributed by atoms with van der Waals surface area (Å²) in [5.74, 6) is 0.365. The lowest BCUT2D eigenvalue weighted by molar-refractivity contribution is -0.136. The van der Waals surface area contributed by atoms with Crippen molar-refractivity contribution >= 4 is 5.91 Å². The molecule has 0 unspecified atom stereocenters. The molecule has 1 rings (SSSR count). The third kappa shape index (κ3) is 2.47. The van der Waals surface area contributed by atoms with Gasteiger partial charge in [0.25, 0.3) is 0 Å². The average Bonchev–Trinajstić information content (AvgIpc) is 2.16. The second-order valence-electron chi connectivity index (χ2n) is 4.65. The van der Waals surface area contributed by atoms with Gasteiger partial charge in [-0.1, -0.05) is 13.8 Å². The number of hydrogen-bond acceptors (Lipinski definition) is 2. The van der Waals surface area contributed by atoms with Crippen LogP contribution in [0.15, 0.2) is 0 Å². The lowest BCUT2D eigenvalue weighted by Gasteiger charge is -2.35. The number of rotatable bonds is 2. The first-order valence-electron chi connectivity index (χ1n) is 5.60. The summed E-state index contributed by atoms with van der Waals surface area (Å²) in [6, 6.07) is 0.0524. The molecular weight excluding hydrogens is 176 g/mol. The fourth-order valence-electron chi connectivity index (χ4n) is 1.90. The van der Waals surface area contributed by atoms with Gasteiger partial charge in [-0.3, -0.25) is 4.79 Å². The van der Waals surface area contributed by atoms with E-state index in [1.165, 1.54) is 6.42 Å². The van der Waals surface area contributed by atoms with Crippen molar-refractivity contribution in [3.63, 3.8) is 0 Å². The lowest BCUT2D eigenvalue weighted by atomic mass is 9.99. The van der Waals surface area contributed by atoms with Gasteiger partial charge < -0.3 is 10.6 Å². The Hall–Kier alpha value is -0.570. The highest BCUT2D eigenvalue weighted by Gasteiger charge is 2.28. The molecule has 14 heavy (non-hydrogen) atoms. The number of carbonyl (C=O) groups is 1. The van der Waals surface area contributed by atoms with Crippen molar-refractivity contribution in [3.8, 4) is 0 Å². The summed E-state index contributed by atoms with van der Waals surface area (Å²) in [6.45, 7) is 7.00. The number of likely N-dealkylation sites (tertiary alicyclic amines) is 1. The van der Waals surface area contributed by atoms with Crippen molar-refractivity contribution in [2.45, 2.75) is 52.1 Å². The normalized spacial score (nSPS) is 25.2. The number of nitrogens with zero attached hydrogens (tertiary/aromatic N) is 1. The maximum atomic E-state index is 12.0. The van der Waals surface area contributed by atoms with Crippen LogP contribution in [0.4, 0.5) is 0 Å². The van der Waals surface area contributed by atoms with Crippen molar-refractivity contribution in [2.75, 3.05) is 6.54 Å². The first-order chi connectivity index (χ1) is 6.54. The van der Waals surface area contributed by atoms with E-state index in [0.29, 0.717) is 6.04 Å². The molecule has 0 radical (unpaired) electrons. The van der Waals surface area contributed by atoms with Gasteiger partial charge >= 0.3 is 0 Å². The Morgan fingerprint density at radius 1 is 1.43 bits per heavy atom. The topological polar surface area (TPSA) is 46.3 Å². The molecule has 0 aromatic heterocycles. The summed E-state index contributed by atoms with van der Waals surface area (Å²) < 4.78 is 0. The predicted molar refractivity (Wildman–Crippen MR) is 57.8 cm³/mol. The largest absolute Gasteiger partial charge is 0.339 e. The molecule has 1 amide bonds. The van der Waals surface area contributed by atoms with Crippen LogP contribution in [-0.4, -0.2) is 29.4 Å². The predicted octanol–water partition coefficient (Wildman–Crippen LogP) is 1.37.